The highest BCUT2D eigenvalue weighted by atomic mass is 16.5. The van der Waals surface area contributed by atoms with E-state index >= 15 is 0 Å². The fourth-order valence-electron chi connectivity index (χ4n) is 1.53. The van der Waals surface area contributed by atoms with E-state index in [1.807, 2.05) is 13.8 Å². The van der Waals surface area contributed by atoms with Gasteiger partial charge in [0.2, 0.25) is 6.41 Å². The Kier molecular flexibility index (Phi) is 9.28. The van der Waals surface area contributed by atoms with E-state index in [1.54, 1.807) is 6.92 Å². The third kappa shape index (κ3) is 7.27. The Labute approximate surface area is 109 Å². The number of rotatable bonds is 10. The van der Waals surface area contributed by atoms with Crippen LogP contribution in [0.15, 0.2) is 0 Å². The molecule has 3 unspecified atom stereocenters. The normalized spacial score (nSPS) is 15.6. The molecule has 0 aliphatic heterocycles. The van der Waals surface area contributed by atoms with Crippen LogP contribution in [0.4, 0.5) is 0 Å². The van der Waals surface area contributed by atoms with Crippen LogP contribution in [0.25, 0.3) is 0 Å². The van der Waals surface area contributed by atoms with Crippen LogP contribution in [0.3, 0.4) is 0 Å². The zero-order chi connectivity index (χ0) is 14.0. The number of carbonyl (C=O) groups excluding carboxylic acids is 2. The number of amides is 1. The summed E-state index contributed by atoms with van der Waals surface area (Å²) < 4.78 is 10.9. The van der Waals surface area contributed by atoms with Crippen LogP contribution in [0.5, 0.6) is 0 Å². The van der Waals surface area contributed by atoms with Crippen molar-refractivity contribution in [1.29, 1.82) is 0 Å². The lowest BCUT2D eigenvalue weighted by atomic mass is 10.1. The van der Waals surface area contributed by atoms with E-state index < -0.39 is 12.0 Å². The van der Waals surface area contributed by atoms with Gasteiger partial charge in [-0.1, -0.05) is 13.8 Å². The summed E-state index contributed by atoms with van der Waals surface area (Å²) in [6.07, 6.45) is 2.94. The monoisotopic (exact) mass is 259 g/mol. The van der Waals surface area contributed by atoms with Crippen LogP contribution in [-0.4, -0.2) is 37.2 Å². The molecule has 5 nitrogen and oxygen atoms in total. The molecule has 3 atom stereocenters. The van der Waals surface area contributed by atoms with Crippen molar-refractivity contribution in [3.05, 3.63) is 0 Å². The molecule has 0 saturated heterocycles. The van der Waals surface area contributed by atoms with Gasteiger partial charge in [0.25, 0.3) is 0 Å². The fraction of sp³-hybridized carbons (Fsp3) is 0.846. The molecule has 1 N–H and O–H groups in total. The summed E-state index contributed by atoms with van der Waals surface area (Å²) in [6, 6.07) is -0.610. The minimum absolute atomic E-state index is 0.113. The molecule has 0 rings (SSSR count). The van der Waals surface area contributed by atoms with Gasteiger partial charge in [0.1, 0.15) is 12.1 Å². The molecule has 0 radical (unpaired) electrons. The van der Waals surface area contributed by atoms with Crippen molar-refractivity contribution >= 4 is 12.4 Å². The van der Waals surface area contributed by atoms with E-state index in [4.69, 9.17) is 9.47 Å². The fourth-order valence-corrected chi connectivity index (χ4v) is 1.53. The zero-order valence-corrected chi connectivity index (χ0v) is 11.8. The predicted octanol–water partition coefficient (Wildman–Crippen LogP) is 1.65. The number of hydrogen-bond acceptors (Lipinski definition) is 4. The van der Waals surface area contributed by atoms with Gasteiger partial charge in [0.15, 0.2) is 0 Å². The minimum atomic E-state index is -0.610. The number of ether oxygens (including phenoxy) is 2. The van der Waals surface area contributed by atoms with E-state index in [-0.39, 0.29) is 12.2 Å². The van der Waals surface area contributed by atoms with E-state index in [0.29, 0.717) is 12.8 Å². The average Bonchev–Trinajstić information content (AvgIpc) is 2.34. The molecule has 0 spiro atoms. The van der Waals surface area contributed by atoms with E-state index in [9.17, 15) is 9.59 Å². The van der Waals surface area contributed by atoms with Gasteiger partial charge in [-0.25, -0.2) is 4.79 Å². The molecule has 106 valence electrons. The molecule has 0 aliphatic rings. The van der Waals surface area contributed by atoms with Crippen molar-refractivity contribution in [2.45, 2.75) is 65.2 Å². The molecule has 1 amide bonds. The van der Waals surface area contributed by atoms with Gasteiger partial charge in [0.05, 0.1) is 6.10 Å². The maximum Gasteiger partial charge on any atom is 0.328 e. The lowest BCUT2D eigenvalue weighted by Crippen LogP contribution is -2.36. The van der Waals surface area contributed by atoms with Crippen molar-refractivity contribution in [2.24, 2.45) is 0 Å². The van der Waals surface area contributed by atoms with Crippen molar-refractivity contribution < 1.29 is 19.1 Å². The van der Waals surface area contributed by atoms with Gasteiger partial charge < -0.3 is 14.8 Å². The van der Waals surface area contributed by atoms with Gasteiger partial charge in [-0.3, -0.25) is 4.79 Å². The minimum Gasteiger partial charge on any atom is -0.461 e. The Balaban J connectivity index is 4.02. The maximum absolute atomic E-state index is 11.5. The largest absolute Gasteiger partial charge is 0.461 e. The Bertz CT molecular complexity index is 245. The maximum atomic E-state index is 11.5. The molecule has 0 fully saturated rings. The van der Waals surface area contributed by atoms with Gasteiger partial charge in [-0.15, -0.1) is 0 Å². The van der Waals surface area contributed by atoms with Crippen molar-refractivity contribution in [3.63, 3.8) is 0 Å². The summed E-state index contributed by atoms with van der Waals surface area (Å²) >= 11 is 0. The second-order valence-electron chi connectivity index (χ2n) is 4.39. The highest BCUT2D eigenvalue weighted by Crippen LogP contribution is 2.10. The summed E-state index contributed by atoms with van der Waals surface area (Å²) in [6.45, 7) is 8.26. The Morgan fingerprint density at radius 1 is 1.33 bits per heavy atom. The third-order valence-electron chi connectivity index (χ3n) is 2.60. The first-order chi connectivity index (χ1) is 8.54. The molecule has 0 aromatic heterocycles. The quantitative estimate of drug-likeness (QED) is 0.478. The highest BCUT2D eigenvalue weighted by Gasteiger charge is 2.19. The number of nitrogens with one attached hydrogen (secondary N) is 1. The first-order valence-corrected chi connectivity index (χ1v) is 6.56. The molecule has 0 aliphatic carbocycles. The summed E-state index contributed by atoms with van der Waals surface area (Å²) in [5.74, 6) is -0.417. The molecule has 0 aromatic rings. The molecule has 0 bridgehead atoms. The number of hydrogen-bond donors (Lipinski definition) is 1. The summed E-state index contributed by atoms with van der Waals surface area (Å²) in [4.78, 5) is 21.8. The van der Waals surface area contributed by atoms with Crippen LogP contribution < -0.4 is 5.32 Å². The van der Waals surface area contributed by atoms with Gasteiger partial charge in [0, 0.05) is 13.0 Å². The molecule has 0 saturated carbocycles. The van der Waals surface area contributed by atoms with E-state index in [0.717, 1.165) is 19.4 Å². The highest BCUT2D eigenvalue weighted by molar-refractivity contribution is 5.77. The van der Waals surface area contributed by atoms with Crippen LogP contribution in [0.2, 0.25) is 0 Å². The Morgan fingerprint density at radius 2 is 2.00 bits per heavy atom. The van der Waals surface area contributed by atoms with Crippen molar-refractivity contribution in [1.82, 2.24) is 5.32 Å². The molecule has 18 heavy (non-hydrogen) atoms. The number of esters is 1. The predicted molar refractivity (Wildman–Crippen MR) is 69.2 cm³/mol. The van der Waals surface area contributed by atoms with Gasteiger partial charge in [-0.2, -0.15) is 0 Å². The Morgan fingerprint density at radius 3 is 2.50 bits per heavy atom. The van der Waals surface area contributed by atoms with Crippen LogP contribution in [-0.2, 0) is 19.1 Å². The van der Waals surface area contributed by atoms with E-state index in [2.05, 4.69) is 12.2 Å². The lowest BCUT2D eigenvalue weighted by molar-refractivity contribution is -0.152. The Hall–Kier alpha value is -1.10. The first-order valence-electron chi connectivity index (χ1n) is 6.56. The van der Waals surface area contributed by atoms with E-state index in [1.165, 1.54) is 0 Å². The zero-order valence-electron chi connectivity index (χ0n) is 11.8. The van der Waals surface area contributed by atoms with Crippen LogP contribution >= 0.6 is 0 Å². The first kappa shape index (κ1) is 16.9. The van der Waals surface area contributed by atoms with Gasteiger partial charge in [-0.05, 0) is 26.7 Å². The summed E-state index contributed by atoms with van der Waals surface area (Å²) in [5.41, 5.74) is 0. The standard InChI is InChI=1S/C13H25NO4/c1-5-7-17-12(6-2)8-10(3)18-13(16)11(4)14-9-15/h9-12H,5-8H2,1-4H3,(H,14,15). The van der Waals surface area contributed by atoms with Crippen LogP contribution in [0, 0.1) is 0 Å². The molecule has 0 heterocycles. The summed E-state index contributed by atoms with van der Waals surface area (Å²) in [5, 5.41) is 2.37. The van der Waals surface area contributed by atoms with Crippen LogP contribution in [0.1, 0.15) is 47.0 Å². The average molecular weight is 259 g/mol. The third-order valence-corrected chi connectivity index (χ3v) is 2.60. The molecule has 0 aromatic carbocycles. The SMILES string of the molecule is CCCOC(CC)CC(C)OC(=O)C(C)NC=O. The topological polar surface area (TPSA) is 64.6 Å². The second-order valence-corrected chi connectivity index (χ2v) is 4.39. The molecular formula is C13H25NO4. The smallest absolute Gasteiger partial charge is 0.328 e. The second kappa shape index (κ2) is 9.88. The van der Waals surface area contributed by atoms with Crippen molar-refractivity contribution in [2.75, 3.05) is 6.61 Å². The molecular weight excluding hydrogens is 234 g/mol. The number of carbonyl (C=O) groups is 2. The summed E-state index contributed by atoms with van der Waals surface area (Å²) in [7, 11) is 0. The molecule has 5 heteroatoms. The lowest BCUT2D eigenvalue weighted by Gasteiger charge is -2.21. The van der Waals surface area contributed by atoms with Crippen molar-refractivity contribution in [3.8, 4) is 0 Å². The van der Waals surface area contributed by atoms with Gasteiger partial charge >= 0.3 is 5.97 Å².